The molecule has 0 amide bonds. The van der Waals surface area contributed by atoms with Crippen LogP contribution in [0.1, 0.15) is 46.0 Å². The molecule has 2 unspecified atom stereocenters. The molecule has 0 aromatic rings. The van der Waals surface area contributed by atoms with Gasteiger partial charge in [-0.05, 0) is 43.1 Å². The van der Waals surface area contributed by atoms with Gasteiger partial charge in [0.05, 0.1) is 0 Å². The summed E-state index contributed by atoms with van der Waals surface area (Å²) < 4.78 is 0. The molecule has 0 heterocycles. The molecule has 15 heavy (non-hydrogen) atoms. The highest BCUT2D eigenvalue weighted by molar-refractivity contribution is 4.94. The minimum absolute atomic E-state index is 0.425. The summed E-state index contributed by atoms with van der Waals surface area (Å²) in [6.07, 6.45) is 6.78. The zero-order chi connectivity index (χ0) is 10.9. The molecule has 2 aliphatic carbocycles. The zero-order valence-corrected chi connectivity index (χ0v) is 10.3. The molecule has 0 radical (unpaired) electrons. The molecule has 2 saturated carbocycles. The molecule has 2 fully saturated rings. The van der Waals surface area contributed by atoms with Crippen LogP contribution in [0.15, 0.2) is 0 Å². The van der Waals surface area contributed by atoms with Gasteiger partial charge in [0.15, 0.2) is 0 Å². The Labute approximate surface area is 94.0 Å². The van der Waals surface area contributed by atoms with Crippen molar-refractivity contribution in [3.8, 4) is 0 Å². The van der Waals surface area contributed by atoms with E-state index in [9.17, 15) is 0 Å². The van der Waals surface area contributed by atoms with Crippen LogP contribution in [0.25, 0.3) is 0 Å². The molecule has 0 bridgehead atoms. The molecule has 2 rings (SSSR count). The van der Waals surface area contributed by atoms with E-state index in [1.807, 2.05) is 0 Å². The predicted octanol–water partition coefficient (Wildman–Crippen LogP) is 2.14. The van der Waals surface area contributed by atoms with Gasteiger partial charge in [-0.2, -0.15) is 0 Å². The Bertz CT molecular complexity index is 207. The molecular weight excluding hydrogens is 184 g/mol. The number of nitrogens with two attached hydrogens (primary N) is 1. The van der Waals surface area contributed by atoms with Crippen LogP contribution in [0, 0.1) is 17.3 Å². The van der Waals surface area contributed by atoms with E-state index in [1.165, 1.54) is 32.1 Å². The smallest absolute Gasteiger partial charge is 0.00966 e. The van der Waals surface area contributed by atoms with E-state index in [1.54, 1.807) is 0 Å². The summed E-state index contributed by atoms with van der Waals surface area (Å²) in [5.41, 5.74) is 6.41. The number of hydrogen-bond acceptors (Lipinski definition) is 2. The molecular formula is C13H26N2. The first-order valence-corrected chi connectivity index (χ1v) is 6.59. The Morgan fingerprint density at radius 3 is 2.33 bits per heavy atom. The van der Waals surface area contributed by atoms with Gasteiger partial charge >= 0.3 is 0 Å². The summed E-state index contributed by atoms with van der Waals surface area (Å²) >= 11 is 0. The molecule has 2 aliphatic rings. The highest BCUT2D eigenvalue weighted by Gasteiger charge is 2.37. The van der Waals surface area contributed by atoms with Gasteiger partial charge in [0.2, 0.25) is 0 Å². The maximum absolute atomic E-state index is 5.98. The van der Waals surface area contributed by atoms with Gasteiger partial charge in [0.25, 0.3) is 0 Å². The van der Waals surface area contributed by atoms with Crippen molar-refractivity contribution in [3.05, 3.63) is 0 Å². The van der Waals surface area contributed by atoms with Gasteiger partial charge in [-0.25, -0.2) is 0 Å². The fraction of sp³-hybridized carbons (Fsp3) is 1.00. The molecule has 0 saturated heterocycles. The minimum atomic E-state index is 0.425. The molecule has 2 nitrogen and oxygen atoms in total. The molecule has 88 valence electrons. The topological polar surface area (TPSA) is 38.0 Å². The SMILES string of the molecule is CC1CCC(CN)(CNC2CC2C)CC1. The minimum Gasteiger partial charge on any atom is -0.330 e. The summed E-state index contributed by atoms with van der Waals surface area (Å²) in [6.45, 7) is 6.73. The molecule has 2 heteroatoms. The normalized spacial score (nSPS) is 45.4. The first-order chi connectivity index (χ1) is 7.15. The van der Waals surface area contributed by atoms with Crippen molar-refractivity contribution >= 4 is 0 Å². The Morgan fingerprint density at radius 1 is 1.27 bits per heavy atom. The van der Waals surface area contributed by atoms with Gasteiger partial charge < -0.3 is 11.1 Å². The largest absolute Gasteiger partial charge is 0.330 e. The molecule has 0 spiro atoms. The van der Waals surface area contributed by atoms with Crippen LogP contribution in [-0.4, -0.2) is 19.1 Å². The lowest BCUT2D eigenvalue weighted by Crippen LogP contribution is -2.43. The first kappa shape index (κ1) is 11.4. The fourth-order valence-electron chi connectivity index (χ4n) is 2.78. The van der Waals surface area contributed by atoms with E-state index in [0.29, 0.717) is 5.41 Å². The van der Waals surface area contributed by atoms with Crippen LogP contribution in [-0.2, 0) is 0 Å². The second-order valence-electron chi connectivity index (χ2n) is 6.09. The third kappa shape index (κ3) is 2.73. The summed E-state index contributed by atoms with van der Waals surface area (Å²) in [5.74, 6) is 1.83. The molecule has 0 aliphatic heterocycles. The van der Waals surface area contributed by atoms with Crippen LogP contribution < -0.4 is 11.1 Å². The third-order valence-electron chi connectivity index (χ3n) is 4.62. The van der Waals surface area contributed by atoms with E-state index in [-0.39, 0.29) is 0 Å². The van der Waals surface area contributed by atoms with E-state index in [2.05, 4.69) is 19.2 Å². The average Bonchev–Trinajstić information content (AvgIpc) is 2.95. The Balaban J connectivity index is 1.79. The van der Waals surface area contributed by atoms with Crippen molar-refractivity contribution in [3.63, 3.8) is 0 Å². The monoisotopic (exact) mass is 210 g/mol. The van der Waals surface area contributed by atoms with Crippen molar-refractivity contribution in [2.45, 2.75) is 52.0 Å². The lowest BCUT2D eigenvalue weighted by Gasteiger charge is -2.39. The van der Waals surface area contributed by atoms with E-state index >= 15 is 0 Å². The van der Waals surface area contributed by atoms with Crippen LogP contribution in [0.4, 0.5) is 0 Å². The first-order valence-electron chi connectivity index (χ1n) is 6.59. The summed E-state index contributed by atoms with van der Waals surface area (Å²) in [7, 11) is 0. The molecule has 2 atom stereocenters. The predicted molar refractivity (Wildman–Crippen MR) is 64.7 cm³/mol. The standard InChI is InChI=1S/C13H26N2/c1-10-3-5-13(8-14,6-4-10)9-15-12-7-11(12)2/h10-12,15H,3-9,14H2,1-2H3. The zero-order valence-electron chi connectivity index (χ0n) is 10.3. The maximum Gasteiger partial charge on any atom is 0.00966 e. The Morgan fingerprint density at radius 2 is 1.87 bits per heavy atom. The molecule has 0 aromatic heterocycles. The Hall–Kier alpha value is -0.0800. The molecule has 0 aromatic carbocycles. The number of rotatable bonds is 4. The van der Waals surface area contributed by atoms with Crippen LogP contribution >= 0.6 is 0 Å². The fourth-order valence-corrected chi connectivity index (χ4v) is 2.78. The van der Waals surface area contributed by atoms with Crippen molar-refractivity contribution in [2.24, 2.45) is 23.0 Å². The lowest BCUT2D eigenvalue weighted by molar-refractivity contribution is 0.158. The van der Waals surface area contributed by atoms with Crippen LogP contribution in [0.5, 0.6) is 0 Å². The van der Waals surface area contributed by atoms with Crippen LogP contribution in [0.3, 0.4) is 0 Å². The summed E-state index contributed by atoms with van der Waals surface area (Å²) in [5, 5.41) is 3.70. The highest BCUT2D eigenvalue weighted by atomic mass is 15.0. The van der Waals surface area contributed by atoms with E-state index < -0.39 is 0 Å². The average molecular weight is 210 g/mol. The van der Waals surface area contributed by atoms with Gasteiger partial charge in [0.1, 0.15) is 0 Å². The second kappa shape index (κ2) is 4.42. The van der Waals surface area contributed by atoms with Crippen molar-refractivity contribution in [1.82, 2.24) is 5.32 Å². The van der Waals surface area contributed by atoms with Crippen molar-refractivity contribution in [2.75, 3.05) is 13.1 Å². The lowest BCUT2D eigenvalue weighted by atomic mass is 9.71. The number of hydrogen-bond donors (Lipinski definition) is 2. The van der Waals surface area contributed by atoms with Gasteiger partial charge in [0, 0.05) is 12.6 Å². The van der Waals surface area contributed by atoms with Crippen molar-refractivity contribution in [1.29, 1.82) is 0 Å². The number of nitrogens with one attached hydrogen (secondary N) is 1. The second-order valence-corrected chi connectivity index (χ2v) is 6.09. The van der Waals surface area contributed by atoms with E-state index in [4.69, 9.17) is 5.73 Å². The van der Waals surface area contributed by atoms with Gasteiger partial charge in [-0.3, -0.25) is 0 Å². The quantitative estimate of drug-likeness (QED) is 0.746. The summed E-state index contributed by atoms with van der Waals surface area (Å²) in [4.78, 5) is 0. The Kier molecular flexibility index (Phi) is 3.36. The van der Waals surface area contributed by atoms with Crippen LogP contribution in [0.2, 0.25) is 0 Å². The third-order valence-corrected chi connectivity index (χ3v) is 4.62. The van der Waals surface area contributed by atoms with E-state index in [0.717, 1.165) is 31.0 Å². The van der Waals surface area contributed by atoms with Gasteiger partial charge in [-0.1, -0.05) is 26.7 Å². The summed E-state index contributed by atoms with van der Waals surface area (Å²) in [6, 6.07) is 0.799. The maximum atomic E-state index is 5.98. The van der Waals surface area contributed by atoms with Crippen molar-refractivity contribution < 1.29 is 0 Å². The molecule has 3 N–H and O–H groups in total. The highest BCUT2D eigenvalue weighted by Crippen LogP contribution is 2.38. The van der Waals surface area contributed by atoms with Gasteiger partial charge in [-0.15, -0.1) is 0 Å².